The first-order chi connectivity index (χ1) is 14.9. The van der Waals surface area contributed by atoms with Crippen molar-refractivity contribution in [3.05, 3.63) is 58.7 Å². The molecule has 0 amide bonds. The highest BCUT2D eigenvalue weighted by atomic mass is 32.1. The highest BCUT2D eigenvalue weighted by Crippen LogP contribution is 2.28. The third-order valence-corrected chi connectivity index (χ3v) is 5.57. The normalized spacial score (nSPS) is 12.2. The summed E-state index contributed by atoms with van der Waals surface area (Å²) in [5.41, 5.74) is 9.82. The van der Waals surface area contributed by atoms with E-state index in [0.29, 0.717) is 25.1 Å². The molecule has 0 fully saturated rings. The summed E-state index contributed by atoms with van der Waals surface area (Å²) in [7, 11) is 1.49. The van der Waals surface area contributed by atoms with Crippen molar-refractivity contribution < 1.29 is 19.4 Å². The van der Waals surface area contributed by atoms with Crippen LogP contribution in [0.5, 0.6) is 11.5 Å². The molecule has 0 radical (unpaired) electrons. The number of benzene rings is 2. The standard InChI is InChI=1S/C25H34N2O4S/c1-16-7-8-18(13-17(16)2)10-12-22(31-23(29)25(3,4)5)27(24(26)32)15-19-9-11-20(28)21(14-19)30-6/h7-9,11,13-14,22,28H,10,12,15H2,1-6H3,(H2,26,32). The van der Waals surface area contributed by atoms with Crippen molar-refractivity contribution >= 4 is 23.3 Å². The number of phenolic OH excluding ortho intramolecular Hbond substituents is 1. The zero-order valence-corrected chi connectivity index (χ0v) is 20.6. The van der Waals surface area contributed by atoms with E-state index in [9.17, 15) is 9.90 Å². The Morgan fingerprint density at radius 3 is 2.34 bits per heavy atom. The highest BCUT2D eigenvalue weighted by molar-refractivity contribution is 7.80. The number of aryl methyl sites for hydroxylation is 3. The Morgan fingerprint density at radius 2 is 1.78 bits per heavy atom. The van der Waals surface area contributed by atoms with E-state index >= 15 is 0 Å². The van der Waals surface area contributed by atoms with Gasteiger partial charge in [-0.1, -0.05) is 24.3 Å². The van der Waals surface area contributed by atoms with E-state index in [1.54, 1.807) is 23.1 Å². The van der Waals surface area contributed by atoms with E-state index in [4.69, 9.17) is 27.4 Å². The number of nitrogens with zero attached hydrogens (tertiary/aromatic N) is 1. The van der Waals surface area contributed by atoms with Crippen LogP contribution in [0.1, 0.15) is 49.4 Å². The lowest BCUT2D eigenvalue weighted by Crippen LogP contribution is -2.46. The van der Waals surface area contributed by atoms with Gasteiger partial charge in [0.25, 0.3) is 0 Å². The summed E-state index contributed by atoms with van der Waals surface area (Å²) in [6, 6.07) is 11.3. The van der Waals surface area contributed by atoms with Crippen LogP contribution in [0, 0.1) is 19.3 Å². The van der Waals surface area contributed by atoms with Crippen LogP contribution in [-0.4, -0.2) is 34.4 Å². The number of carbonyl (C=O) groups is 1. The van der Waals surface area contributed by atoms with Gasteiger partial charge in [0.05, 0.1) is 12.5 Å². The molecule has 32 heavy (non-hydrogen) atoms. The first kappa shape index (κ1) is 25.5. The molecule has 0 heterocycles. The summed E-state index contributed by atoms with van der Waals surface area (Å²) in [6.07, 6.45) is 0.582. The average Bonchev–Trinajstić information content (AvgIpc) is 2.71. The summed E-state index contributed by atoms with van der Waals surface area (Å²) in [6.45, 7) is 9.90. The van der Waals surface area contributed by atoms with Crippen molar-refractivity contribution in [2.75, 3.05) is 7.11 Å². The lowest BCUT2D eigenvalue weighted by atomic mass is 9.97. The van der Waals surface area contributed by atoms with Crippen LogP contribution in [0.3, 0.4) is 0 Å². The molecule has 6 nitrogen and oxygen atoms in total. The molecule has 2 aromatic carbocycles. The topological polar surface area (TPSA) is 85.0 Å². The second kappa shape index (κ2) is 10.7. The monoisotopic (exact) mass is 458 g/mol. The first-order valence-corrected chi connectivity index (χ1v) is 11.0. The maximum atomic E-state index is 12.7. The third kappa shape index (κ3) is 6.85. The van der Waals surface area contributed by atoms with Crippen LogP contribution >= 0.6 is 12.2 Å². The summed E-state index contributed by atoms with van der Waals surface area (Å²) >= 11 is 5.33. The molecule has 0 bridgehead atoms. The zero-order valence-electron chi connectivity index (χ0n) is 19.8. The maximum Gasteiger partial charge on any atom is 0.313 e. The summed E-state index contributed by atoms with van der Waals surface area (Å²) in [5, 5.41) is 10.0. The van der Waals surface area contributed by atoms with E-state index < -0.39 is 11.6 Å². The average molecular weight is 459 g/mol. The number of rotatable bonds is 8. The molecule has 0 aliphatic rings. The van der Waals surface area contributed by atoms with Crippen molar-refractivity contribution in [1.29, 1.82) is 0 Å². The number of nitrogens with two attached hydrogens (primary N) is 1. The number of hydrogen-bond acceptors (Lipinski definition) is 5. The Balaban J connectivity index is 2.31. The predicted molar refractivity (Wildman–Crippen MR) is 131 cm³/mol. The first-order valence-electron chi connectivity index (χ1n) is 10.6. The number of methoxy groups -OCH3 is 1. The molecule has 0 aromatic heterocycles. The van der Waals surface area contributed by atoms with Gasteiger partial charge < -0.3 is 25.2 Å². The van der Waals surface area contributed by atoms with Gasteiger partial charge >= 0.3 is 5.97 Å². The molecule has 0 aliphatic heterocycles. The molecule has 174 valence electrons. The lowest BCUT2D eigenvalue weighted by Gasteiger charge is -2.33. The second-order valence-corrected chi connectivity index (χ2v) is 9.46. The second-order valence-electron chi connectivity index (χ2n) is 9.04. The number of aromatic hydroxyl groups is 1. The fourth-order valence-corrected chi connectivity index (χ4v) is 3.35. The molecule has 0 aliphatic carbocycles. The number of phenols is 1. The number of thiocarbonyl (C=S) groups is 1. The van der Waals surface area contributed by atoms with Gasteiger partial charge in [-0.2, -0.15) is 0 Å². The fourth-order valence-electron chi connectivity index (χ4n) is 3.17. The summed E-state index contributed by atoms with van der Waals surface area (Å²) in [4.78, 5) is 14.4. The maximum absolute atomic E-state index is 12.7. The molecular formula is C25H34N2O4S. The van der Waals surface area contributed by atoms with E-state index in [0.717, 1.165) is 11.1 Å². The van der Waals surface area contributed by atoms with Gasteiger partial charge in [0.15, 0.2) is 22.8 Å². The number of ether oxygens (including phenoxy) is 2. The van der Waals surface area contributed by atoms with Crippen molar-refractivity contribution in [3.63, 3.8) is 0 Å². The molecule has 2 aromatic rings. The lowest BCUT2D eigenvalue weighted by molar-refractivity contribution is -0.166. The van der Waals surface area contributed by atoms with Gasteiger partial charge in [0.2, 0.25) is 0 Å². The van der Waals surface area contributed by atoms with Gasteiger partial charge in [0, 0.05) is 13.0 Å². The van der Waals surface area contributed by atoms with Crippen molar-refractivity contribution in [1.82, 2.24) is 4.90 Å². The summed E-state index contributed by atoms with van der Waals surface area (Å²) < 4.78 is 11.1. The molecule has 3 N–H and O–H groups in total. The largest absolute Gasteiger partial charge is 0.504 e. The molecule has 7 heteroatoms. The quantitative estimate of drug-likeness (QED) is 0.339. The Kier molecular flexibility index (Phi) is 8.50. The van der Waals surface area contributed by atoms with Crippen molar-refractivity contribution in [2.45, 2.75) is 60.2 Å². The van der Waals surface area contributed by atoms with E-state index in [2.05, 4.69) is 32.0 Å². The Morgan fingerprint density at radius 1 is 1.12 bits per heavy atom. The number of hydrogen-bond donors (Lipinski definition) is 2. The molecule has 0 saturated carbocycles. The Labute approximate surface area is 196 Å². The molecule has 0 spiro atoms. The Hall–Kier alpha value is -2.80. The fraction of sp³-hybridized carbons (Fsp3) is 0.440. The molecule has 1 unspecified atom stereocenters. The molecular weight excluding hydrogens is 424 g/mol. The third-order valence-electron chi connectivity index (χ3n) is 5.33. The van der Waals surface area contributed by atoms with Crippen LogP contribution in [0.4, 0.5) is 0 Å². The van der Waals surface area contributed by atoms with Gasteiger partial charge in [-0.05, 0) is 87.6 Å². The van der Waals surface area contributed by atoms with Crippen LogP contribution in [0.2, 0.25) is 0 Å². The minimum absolute atomic E-state index is 0.0450. The zero-order chi connectivity index (χ0) is 24.1. The van der Waals surface area contributed by atoms with Gasteiger partial charge in [-0.15, -0.1) is 0 Å². The molecule has 2 rings (SSSR count). The van der Waals surface area contributed by atoms with Gasteiger partial charge in [0.1, 0.15) is 0 Å². The summed E-state index contributed by atoms with van der Waals surface area (Å²) in [5.74, 6) is 0.0689. The van der Waals surface area contributed by atoms with Gasteiger partial charge in [-0.25, -0.2) is 0 Å². The SMILES string of the molecule is COc1cc(CN(C(N)=S)C(CCc2ccc(C)c(C)c2)OC(=O)C(C)(C)C)ccc1O. The number of carbonyl (C=O) groups excluding carboxylic acids is 1. The minimum Gasteiger partial charge on any atom is -0.504 e. The van der Waals surface area contributed by atoms with Crippen LogP contribution < -0.4 is 10.5 Å². The molecule has 1 atom stereocenters. The number of esters is 1. The van der Waals surface area contributed by atoms with Crippen LogP contribution in [0.15, 0.2) is 36.4 Å². The predicted octanol–water partition coefficient (Wildman–Crippen LogP) is 4.61. The minimum atomic E-state index is -0.664. The van der Waals surface area contributed by atoms with E-state index in [-0.39, 0.29) is 16.8 Å². The van der Waals surface area contributed by atoms with Gasteiger partial charge in [-0.3, -0.25) is 4.79 Å². The van der Waals surface area contributed by atoms with Crippen LogP contribution in [-0.2, 0) is 22.5 Å². The highest BCUT2D eigenvalue weighted by Gasteiger charge is 2.30. The van der Waals surface area contributed by atoms with E-state index in [1.807, 2.05) is 20.8 Å². The van der Waals surface area contributed by atoms with E-state index in [1.165, 1.54) is 18.2 Å². The Bertz CT molecular complexity index is 969. The van der Waals surface area contributed by atoms with Crippen molar-refractivity contribution in [3.8, 4) is 11.5 Å². The smallest absolute Gasteiger partial charge is 0.313 e. The van der Waals surface area contributed by atoms with Crippen molar-refractivity contribution in [2.24, 2.45) is 11.1 Å². The molecule has 0 saturated heterocycles. The van der Waals surface area contributed by atoms with Crippen LogP contribution in [0.25, 0.3) is 0 Å².